The highest BCUT2D eigenvalue weighted by Crippen LogP contribution is 2.46. The van der Waals surface area contributed by atoms with Crippen molar-refractivity contribution < 1.29 is 13.9 Å². The summed E-state index contributed by atoms with van der Waals surface area (Å²) < 4.78 is 16.3. The zero-order valence-corrected chi connectivity index (χ0v) is 8.05. The predicted molar refractivity (Wildman–Crippen MR) is 49.5 cm³/mol. The summed E-state index contributed by atoms with van der Waals surface area (Å²) in [6, 6.07) is 0. The summed E-state index contributed by atoms with van der Waals surface area (Å²) in [7, 11) is -2.86. The van der Waals surface area contributed by atoms with Crippen LogP contribution >= 0.6 is 7.37 Å². The van der Waals surface area contributed by atoms with Crippen molar-refractivity contribution >= 4 is 13.3 Å². The Hall–Kier alpha value is -0.820. The molecule has 0 atom stereocenters. The van der Waals surface area contributed by atoms with Gasteiger partial charge in [-0.05, 0) is 0 Å². The molecule has 3 nitrogen and oxygen atoms in total. The van der Waals surface area contributed by atoms with Crippen LogP contribution in [0.4, 0.5) is 0 Å². The van der Waals surface area contributed by atoms with Crippen molar-refractivity contribution in [3.63, 3.8) is 0 Å². The minimum absolute atomic E-state index is 0.207. The number of hydrogen-bond donors (Lipinski definition) is 0. The first-order chi connectivity index (χ1) is 5.54. The van der Waals surface area contributed by atoms with Crippen LogP contribution in [0.5, 0.6) is 0 Å². The maximum atomic E-state index is 11.6. The first kappa shape index (κ1) is 11.2. The van der Waals surface area contributed by atoms with E-state index in [4.69, 9.17) is 4.52 Å². The Bertz CT molecular complexity index is 218. The molecule has 0 aromatic rings. The van der Waals surface area contributed by atoms with E-state index in [1.807, 2.05) is 0 Å². The average molecular weight is 188 g/mol. The molecule has 0 spiro atoms. The Morgan fingerprint density at radius 3 is 2.08 bits per heavy atom. The summed E-state index contributed by atoms with van der Waals surface area (Å²) in [6.07, 6.45) is 3.37. The minimum atomic E-state index is -2.86. The Morgan fingerprint density at radius 1 is 1.42 bits per heavy atom. The topological polar surface area (TPSA) is 43.4 Å². The van der Waals surface area contributed by atoms with Crippen molar-refractivity contribution in [3.05, 3.63) is 25.3 Å². The van der Waals surface area contributed by atoms with Crippen molar-refractivity contribution in [2.75, 3.05) is 12.3 Å². The number of carbonyl (C=O) groups excluding carboxylic acids is 1. The molecule has 12 heavy (non-hydrogen) atoms. The molecule has 0 aliphatic carbocycles. The van der Waals surface area contributed by atoms with E-state index in [2.05, 4.69) is 13.2 Å². The molecule has 0 amide bonds. The minimum Gasteiger partial charge on any atom is -0.411 e. The summed E-state index contributed by atoms with van der Waals surface area (Å²) in [4.78, 5) is 10.5. The molecule has 0 radical (unpaired) electrons. The molecule has 0 aromatic heterocycles. The van der Waals surface area contributed by atoms with E-state index in [1.54, 1.807) is 0 Å². The van der Waals surface area contributed by atoms with E-state index in [-0.39, 0.29) is 12.3 Å². The van der Waals surface area contributed by atoms with Gasteiger partial charge in [0, 0.05) is 6.92 Å². The lowest BCUT2D eigenvalue weighted by Gasteiger charge is -2.13. The molecule has 0 unspecified atom stereocenters. The van der Waals surface area contributed by atoms with Crippen molar-refractivity contribution in [2.24, 2.45) is 0 Å². The van der Waals surface area contributed by atoms with Crippen molar-refractivity contribution in [3.8, 4) is 0 Å². The molecule has 0 saturated carbocycles. The fourth-order valence-corrected chi connectivity index (χ4v) is 2.33. The number of hydrogen-bond acceptors (Lipinski definition) is 3. The molecule has 4 heteroatoms. The molecule has 0 aliphatic rings. The van der Waals surface area contributed by atoms with E-state index in [0.29, 0.717) is 0 Å². The van der Waals surface area contributed by atoms with Gasteiger partial charge in [0.15, 0.2) is 0 Å². The largest absolute Gasteiger partial charge is 0.411 e. The maximum Gasteiger partial charge on any atom is 0.307 e. The summed E-state index contributed by atoms with van der Waals surface area (Å²) in [5.74, 6) is -0.526. The Morgan fingerprint density at radius 2 is 1.83 bits per heavy atom. The smallest absolute Gasteiger partial charge is 0.307 e. The normalized spacial score (nSPS) is 10.4. The van der Waals surface area contributed by atoms with E-state index >= 15 is 0 Å². The van der Waals surface area contributed by atoms with E-state index in [1.165, 1.54) is 19.1 Å². The van der Waals surface area contributed by atoms with Gasteiger partial charge in [0.05, 0.1) is 12.3 Å². The first-order valence-electron chi connectivity index (χ1n) is 3.54. The summed E-state index contributed by atoms with van der Waals surface area (Å²) in [6.45, 7) is 8.11. The monoisotopic (exact) mass is 188 g/mol. The van der Waals surface area contributed by atoms with E-state index in [0.717, 1.165) is 0 Å². The zero-order chi connectivity index (χ0) is 9.61. The highest BCUT2D eigenvalue weighted by Gasteiger charge is 2.21. The molecule has 0 aliphatic heterocycles. The summed E-state index contributed by atoms with van der Waals surface area (Å²) >= 11 is 0. The number of allylic oxidation sites excluding steroid dienone is 2. The van der Waals surface area contributed by atoms with Gasteiger partial charge < -0.3 is 4.52 Å². The number of carbonyl (C=O) groups is 1. The van der Waals surface area contributed by atoms with Crippen LogP contribution in [-0.2, 0) is 13.9 Å². The van der Waals surface area contributed by atoms with Gasteiger partial charge in [-0.25, -0.2) is 0 Å². The average Bonchev–Trinajstić information content (AvgIpc) is 1.85. The second-order valence-corrected chi connectivity index (χ2v) is 4.88. The van der Waals surface area contributed by atoms with Gasteiger partial charge in [0.1, 0.15) is 0 Å². The van der Waals surface area contributed by atoms with Crippen LogP contribution in [0, 0.1) is 0 Å². The van der Waals surface area contributed by atoms with Gasteiger partial charge >= 0.3 is 5.97 Å². The highest BCUT2D eigenvalue weighted by atomic mass is 31.2. The Labute approximate surface area is 72.6 Å². The Balaban J connectivity index is 4.37. The summed E-state index contributed by atoms with van der Waals surface area (Å²) in [5.41, 5.74) is 0. The van der Waals surface area contributed by atoms with Crippen LogP contribution in [0.1, 0.15) is 6.92 Å². The van der Waals surface area contributed by atoms with Crippen molar-refractivity contribution in [1.82, 2.24) is 0 Å². The molecule has 0 N–H and O–H groups in total. The van der Waals surface area contributed by atoms with Crippen LogP contribution < -0.4 is 0 Å². The second-order valence-electron chi connectivity index (χ2n) is 2.34. The van der Waals surface area contributed by atoms with Crippen LogP contribution in [0.2, 0.25) is 0 Å². The molecular weight excluding hydrogens is 175 g/mol. The van der Waals surface area contributed by atoms with Crippen LogP contribution in [-0.4, -0.2) is 18.3 Å². The standard InChI is InChI=1S/C8H13O3P/c1-4-6-12(10,7-5-2)11-8(3)9/h4-5H,1-2,6-7H2,3H3. The highest BCUT2D eigenvalue weighted by molar-refractivity contribution is 7.59. The maximum absolute atomic E-state index is 11.6. The third-order valence-corrected chi connectivity index (χ3v) is 3.33. The molecule has 0 fully saturated rings. The van der Waals surface area contributed by atoms with Gasteiger partial charge in [-0.15, -0.1) is 13.2 Å². The molecule has 0 rings (SSSR count). The van der Waals surface area contributed by atoms with Crippen molar-refractivity contribution in [2.45, 2.75) is 6.92 Å². The first-order valence-corrected chi connectivity index (χ1v) is 5.53. The Kier molecular flexibility index (Phi) is 4.60. The van der Waals surface area contributed by atoms with Crippen LogP contribution in [0.25, 0.3) is 0 Å². The van der Waals surface area contributed by atoms with E-state index < -0.39 is 13.3 Å². The third kappa shape index (κ3) is 4.14. The molecule has 0 heterocycles. The molecular formula is C8H13O3P. The predicted octanol–water partition coefficient (Wildman–Crippen LogP) is 2.20. The fourth-order valence-electron chi connectivity index (χ4n) is 0.777. The SMILES string of the molecule is C=CCP(=O)(CC=C)OC(C)=O. The molecule has 68 valence electrons. The third-order valence-electron chi connectivity index (χ3n) is 1.11. The van der Waals surface area contributed by atoms with Crippen LogP contribution in [0.15, 0.2) is 25.3 Å². The molecule has 0 saturated heterocycles. The lowest BCUT2D eigenvalue weighted by Crippen LogP contribution is -2.01. The van der Waals surface area contributed by atoms with E-state index in [9.17, 15) is 9.36 Å². The lowest BCUT2D eigenvalue weighted by molar-refractivity contribution is -0.131. The van der Waals surface area contributed by atoms with Gasteiger partial charge in [-0.2, -0.15) is 0 Å². The van der Waals surface area contributed by atoms with Gasteiger partial charge in [-0.3, -0.25) is 9.36 Å². The number of rotatable bonds is 5. The van der Waals surface area contributed by atoms with Gasteiger partial charge in [0.25, 0.3) is 7.37 Å². The van der Waals surface area contributed by atoms with Gasteiger partial charge in [-0.1, -0.05) is 12.2 Å². The molecule has 0 aromatic carbocycles. The van der Waals surface area contributed by atoms with Gasteiger partial charge in [0.2, 0.25) is 0 Å². The fraction of sp³-hybridized carbons (Fsp3) is 0.375. The second kappa shape index (κ2) is 4.94. The van der Waals surface area contributed by atoms with Crippen molar-refractivity contribution in [1.29, 1.82) is 0 Å². The molecule has 0 bridgehead atoms. The quantitative estimate of drug-likeness (QED) is 0.490. The summed E-state index contributed by atoms with van der Waals surface area (Å²) in [5, 5.41) is 0. The lowest BCUT2D eigenvalue weighted by atomic mass is 10.8. The van der Waals surface area contributed by atoms with Crippen LogP contribution in [0.3, 0.4) is 0 Å². The zero-order valence-electron chi connectivity index (χ0n) is 7.16.